The second-order valence-electron chi connectivity index (χ2n) is 3.71. The van der Waals surface area contributed by atoms with Gasteiger partial charge in [-0.1, -0.05) is 15.9 Å². The number of anilines is 2. The van der Waals surface area contributed by atoms with E-state index in [1.165, 1.54) is 12.3 Å². The van der Waals surface area contributed by atoms with E-state index in [0.29, 0.717) is 15.7 Å². The van der Waals surface area contributed by atoms with Gasteiger partial charge in [0, 0.05) is 21.2 Å². The highest BCUT2D eigenvalue weighted by atomic mass is 79.9. The number of hydrogen-bond donors (Lipinski definition) is 1. The van der Waals surface area contributed by atoms with Gasteiger partial charge in [-0.15, -0.1) is 0 Å². The molecule has 0 fully saturated rings. The van der Waals surface area contributed by atoms with E-state index < -0.39 is 4.92 Å². The number of hydrogen-bond acceptors (Lipinski definition) is 5. The van der Waals surface area contributed by atoms with Crippen LogP contribution < -0.4 is 5.32 Å². The van der Waals surface area contributed by atoms with E-state index in [-0.39, 0.29) is 11.5 Å². The highest BCUT2D eigenvalue weighted by Gasteiger charge is 2.17. The largest absolute Gasteiger partial charge is 0.333 e. The van der Waals surface area contributed by atoms with Gasteiger partial charge < -0.3 is 5.32 Å². The van der Waals surface area contributed by atoms with Crippen molar-refractivity contribution in [3.8, 4) is 6.07 Å². The second kappa shape index (κ2) is 5.98. The van der Waals surface area contributed by atoms with Gasteiger partial charge in [0.1, 0.15) is 6.07 Å². The van der Waals surface area contributed by atoms with Crippen LogP contribution in [0.3, 0.4) is 0 Å². The van der Waals surface area contributed by atoms with E-state index in [2.05, 4.69) is 42.2 Å². The zero-order valence-electron chi connectivity index (χ0n) is 9.80. The van der Waals surface area contributed by atoms with Crippen LogP contribution in [-0.4, -0.2) is 9.91 Å². The summed E-state index contributed by atoms with van der Waals surface area (Å²) in [6.07, 6.45) is 1.44. The summed E-state index contributed by atoms with van der Waals surface area (Å²) in [6.45, 7) is 0. The Labute approximate surface area is 130 Å². The lowest BCUT2D eigenvalue weighted by Crippen LogP contribution is -2.01. The molecular weight excluding hydrogens is 392 g/mol. The third-order valence-corrected chi connectivity index (χ3v) is 3.31. The van der Waals surface area contributed by atoms with E-state index in [1.807, 2.05) is 6.07 Å². The lowest BCUT2D eigenvalue weighted by molar-refractivity contribution is -0.384. The van der Waals surface area contributed by atoms with Gasteiger partial charge in [-0.3, -0.25) is 10.1 Å². The molecule has 1 aromatic heterocycles. The van der Waals surface area contributed by atoms with Crippen LogP contribution in [0.4, 0.5) is 17.2 Å². The number of nitro groups is 1. The molecule has 1 aromatic carbocycles. The third-order valence-electron chi connectivity index (χ3n) is 2.39. The molecule has 0 spiro atoms. The summed E-state index contributed by atoms with van der Waals surface area (Å²) in [5.74, 6) is 0.0767. The number of pyridine rings is 1. The Bertz CT molecular complexity index is 728. The van der Waals surface area contributed by atoms with Crippen molar-refractivity contribution in [2.75, 3.05) is 5.32 Å². The van der Waals surface area contributed by atoms with Crippen LogP contribution in [0.2, 0.25) is 0 Å². The van der Waals surface area contributed by atoms with Gasteiger partial charge >= 0.3 is 5.69 Å². The second-order valence-corrected chi connectivity index (χ2v) is 5.54. The molecule has 0 aliphatic heterocycles. The first kappa shape index (κ1) is 14.4. The summed E-state index contributed by atoms with van der Waals surface area (Å²) in [5.41, 5.74) is 0.634. The van der Waals surface area contributed by atoms with Gasteiger partial charge in [-0.05, 0) is 34.1 Å². The first-order chi connectivity index (χ1) is 9.51. The average Bonchev–Trinajstić information content (AvgIpc) is 2.41. The van der Waals surface area contributed by atoms with Crippen LogP contribution in [0, 0.1) is 21.4 Å². The van der Waals surface area contributed by atoms with Gasteiger partial charge in [-0.2, -0.15) is 5.26 Å². The third kappa shape index (κ3) is 3.12. The number of nitrogens with one attached hydrogen (secondary N) is 1. The molecule has 0 radical (unpaired) electrons. The van der Waals surface area contributed by atoms with Crippen molar-refractivity contribution >= 4 is 49.1 Å². The highest BCUT2D eigenvalue weighted by molar-refractivity contribution is 9.10. The minimum atomic E-state index is -0.538. The Morgan fingerprint density at radius 1 is 1.30 bits per heavy atom. The van der Waals surface area contributed by atoms with E-state index >= 15 is 0 Å². The molecule has 6 nitrogen and oxygen atoms in total. The normalized spacial score (nSPS) is 9.85. The first-order valence-electron chi connectivity index (χ1n) is 5.28. The maximum atomic E-state index is 11.0. The molecular formula is C12H6Br2N4O2. The average molecular weight is 398 g/mol. The van der Waals surface area contributed by atoms with Crippen LogP contribution in [0.25, 0.3) is 0 Å². The van der Waals surface area contributed by atoms with E-state index in [4.69, 9.17) is 5.26 Å². The van der Waals surface area contributed by atoms with Gasteiger partial charge in [0.2, 0.25) is 5.82 Å². The Kier molecular flexibility index (Phi) is 4.32. The Morgan fingerprint density at radius 2 is 2.05 bits per heavy atom. The molecule has 0 atom stereocenters. The van der Waals surface area contributed by atoms with E-state index in [1.54, 1.807) is 18.2 Å². The molecule has 1 N–H and O–H groups in total. The molecule has 0 saturated heterocycles. The number of nitriles is 1. The van der Waals surface area contributed by atoms with Crippen LogP contribution in [0.1, 0.15) is 5.56 Å². The molecule has 0 saturated carbocycles. The molecule has 0 aliphatic rings. The maximum Gasteiger partial charge on any atom is 0.312 e. The van der Waals surface area contributed by atoms with Gasteiger partial charge in [0.15, 0.2) is 0 Å². The van der Waals surface area contributed by atoms with Crippen LogP contribution in [0.5, 0.6) is 0 Å². The van der Waals surface area contributed by atoms with E-state index in [0.717, 1.165) is 4.47 Å². The smallest absolute Gasteiger partial charge is 0.312 e. The van der Waals surface area contributed by atoms with Crippen molar-refractivity contribution in [3.63, 3.8) is 0 Å². The summed E-state index contributed by atoms with van der Waals surface area (Å²) in [6, 6.07) is 8.34. The van der Waals surface area contributed by atoms with E-state index in [9.17, 15) is 10.1 Å². The van der Waals surface area contributed by atoms with Crippen molar-refractivity contribution in [2.45, 2.75) is 0 Å². The zero-order chi connectivity index (χ0) is 14.7. The number of aromatic nitrogens is 1. The molecule has 0 unspecified atom stereocenters. The van der Waals surface area contributed by atoms with Crippen molar-refractivity contribution < 1.29 is 4.92 Å². The summed E-state index contributed by atoms with van der Waals surface area (Å²) in [5, 5.41) is 22.9. The molecule has 0 bridgehead atoms. The minimum Gasteiger partial charge on any atom is -0.333 e. The predicted octanol–water partition coefficient (Wildman–Crippen LogP) is 4.13. The highest BCUT2D eigenvalue weighted by Crippen LogP contribution is 2.30. The fourth-order valence-corrected chi connectivity index (χ4v) is 2.19. The molecule has 2 aromatic rings. The summed E-state index contributed by atoms with van der Waals surface area (Å²) in [7, 11) is 0. The molecule has 100 valence electrons. The van der Waals surface area contributed by atoms with Gasteiger partial charge in [-0.25, -0.2) is 4.98 Å². The van der Waals surface area contributed by atoms with Gasteiger partial charge in [0.25, 0.3) is 0 Å². The van der Waals surface area contributed by atoms with Crippen LogP contribution in [0.15, 0.2) is 39.4 Å². The topological polar surface area (TPSA) is 91.8 Å². The number of benzene rings is 1. The number of rotatable bonds is 3. The summed E-state index contributed by atoms with van der Waals surface area (Å²) in [4.78, 5) is 14.5. The fraction of sp³-hybridized carbons (Fsp3) is 0. The SMILES string of the molecule is N#Cc1ccc(Br)cc1Nc1ncc(Br)cc1[N+](=O)[O-]. The number of halogens is 2. The molecule has 0 aliphatic carbocycles. The Morgan fingerprint density at radius 3 is 2.70 bits per heavy atom. The van der Waals surface area contributed by atoms with Gasteiger partial charge in [0.05, 0.1) is 16.2 Å². The monoisotopic (exact) mass is 396 g/mol. The number of nitrogens with zero attached hydrogens (tertiary/aromatic N) is 3. The quantitative estimate of drug-likeness (QED) is 0.620. The summed E-state index contributed by atoms with van der Waals surface area (Å²) < 4.78 is 1.25. The minimum absolute atomic E-state index is 0.0767. The Balaban J connectivity index is 2.48. The summed E-state index contributed by atoms with van der Waals surface area (Å²) >= 11 is 6.42. The standard InChI is InChI=1S/C12H6Br2N4O2/c13-8-2-1-7(5-15)10(3-8)17-12-11(18(19)20)4-9(14)6-16-12/h1-4,6H,(H,16,17). The van der Waals surface area contributed by atoms with Crippen LogP contribution in [-0.2, 0) is 0 Å². The van der Waals surface area contributed by atoms with Crippen molar-refractivity contribution in [2.24, 2.45) is 0 Å². The predicted molar refractivity (Wildman–Crippen MR) is 80.7 cm³/mol. The molecule has 20 heavy (non-hydrogen) atoms. The molecule has 8 heteroatoms. The Hall–Kier alpha value is -1.98. The fourth-order valence-electron chi connectivity index (χ4n) is 1.51. The molecule has 2 rings (SSSR count). The van der Waals surface area contributed by atoms with Crippen molar-refractivity contribution in [1.82, 2.24) is 4.98 Å². The first-order valence-corrected chi connectivity index (χ1v) is 6.86. The molecule has 0 amide bonds. The lowest BCUT2D eigenvalue weighted by atomic mass is 10.2. The lowest BCUT2D eigenvalue weighted by Gasteiger charge is -2.08. The van der Waals surface area contributed by atoms with Crippen LogP contribution >= 0.6 is 31.9 Å². The van der Waals surface area contributed by atoms with Crippen molar-refractivity contribution in [3.05, 3.63) is 55.1 Å². The maximum absolute atomic E-state index is 11.0. The molecule has 1 heterocycles. The van der Waals surface area contributed by atoms with Crippen molar-refractivity contribution in [1.29, 1.82) is 5.26 Å². The zero-order valence-corrected chi connectivity index (χ0v) is 13.0.